The maximum absolute atomic E-state index is 11.4. The summed E-state index contributed by atoms with van der Waals surface area (Å²) in [5.41, 5.74) is 2.35. The van der Waals surface area contributed by atoms with Crippen molar-refractivity contribution in [2.75, 3.05) is 7.11 Å². The first kappa shape index (κ1) is 14.6. The Balaban J connectivity index is 1.99. The van der Waals surface area contributed by atoms with Crippen molar-refractivity contribution in [3.8, 4) is 11.8 Å². The molecule has 4 heteroatoms. The summed E-state index contributed by atoms with van der Waals surface area (Å²) >= 11 is 0. The first-order valence-corrected chi connectivity index (χ1v) is 6.49. The third-order valence-corrected chi connectivity index (χ3v) is 2.96. The average Bonchev–Trinajstić information content (AvgIpc) is 2.54. The molecule has 0 N–H and O–H groups in total. The third-order valence-electron chi connectivity index (χ3n) is 2.96. The van der Waals surface area contributed by atoms with Crippen molar-refractivity contribution in [3.05, 3.63) is 65.2 Å². The monoisotopic (exact) mass is 281 g/mol. The van der Waals surface area contributed by atoms with Crippen molar-refractivity contribution in [1.29, 1.82) is 5.26 Å². The Kier molecular flexibility index (Phi) is 4.94. The molecule has 0 bridgehead atoms. The van der Waals surface area contributed by atoms with Crippen LogP contribution in [0.2, 0.25) is 0 Å². The number of carbonyl (C=O) groups excluding carboxylic acids is 1. The van der Waals surface area contributed by atoms with Crippen LogP contribution in [0.1, 0.15) is 21.5 Å². The molecule has 0 aliphatic carbocycles. The molecule has 106 valence electrons. The SMILES string of the molecule is COC(=O)c1cccc(COc2ccc(CC#N)cc2)c1. The fourth-order valence-electron chi connectivity index (χ4n) is 1.87. The summed E-state index contributed by atoms with van der Waals surface area (Å²) in [4.78, 5) is 11.4. The van der Waals surface area contributed by atoms with Crippen molar-refractivity contribution in [1.82, 2.24) is 0 Å². The van der Waals surface area contributed by atoms with E-state index in [0.717, 1.165) is 16.9 Å². The molecule has 2 rings (SSSR count). The van der Waals surface area contributed by atoms with Crippen LogP contribution in [0.15, 0.2) is 48.5 Å². The molecule has 0 fully saturated rings. The highest BCUT2D eigenvalue weighted by molar-refractivity contribution is 5.89. The van der Waals surface area contributed by atoms with E-state index in [1.165, 1.54) is 7.11 Å². The van der Waals surface area contributed by atoms with Crippen LogP contribution in [0.5, 0.6) is 5.75 Å². The second kappa shape index (κ2) is 7.11. The van der Waals surface area contributed by atoms with E-state index < -0.39 is 0 Å². The highest BCUT2D eigenvalue weighted by Crippen LogP contribution is 2.15. The van der Waals surface area contributed by atoms with Gasteiger partial charge in [-0.2, -0.15) is 5.26 Å². The first-order chi connectivity index (χ1) is 10.2. The molecule has 0 heterocycles. The minimum atomic E-state index is -0.363. The number of hydrogen-bond acceptors (Lipinski definition) is 4. The summed E-state index contributed by atoms with van der Waals surface area (Å²) in [7, 11) is 1.36. The Morgan fingerprint density at radius 1 is 1.14 bits per heavy atom. The predicted molar refractivity (Wildman–Crippen MR) is 77.9 cm³/mol. The zero-order valence-electron chi connectivity index (χ0n) is 11.7. The van der Waals surface area contributed by atoms with E-state index in [-0.39, 0.29) is 5.97 Å². The van der Waals surface area contributed by atoms with E-state index in [0.29, 0.717) is 18.6 Å². The van der Waals surface area contributed by atoms with Gasteiger partial charge in [0.25, 0.3) is 0 Å². The third kappa shape index (κ3) is 4.08. The van der Waals surface area contributed by atoms with Crippen LogP contribution in [0, 0.1) is 11.3 Å². The summed E-state index contributed by atoms with van der Waals surface area (Å²) in [6, 6.07) is 16.6. The van der Waals surface area contributed by atoms with Gasteiger partial charge in [-0.25, -0.2) is 4.79 Å². The molecule has 0 atom stereocenters. The Bertz CT molecular complexity index is 656. The molecule has 2 aromatic rings. The smallest absolute Gasteiger partial charge is 0.337 e. The quantitative estimate of drug-likeness (QED) is 0.790. The highest BCUT2D eigenvalue weighted by Gasteiger charge is 2.05. The Hall–Kier alpha value is -2.80. The number of ether oxygens (including phenoxy) is 2. The predicted octanol–water partition coefficient (Wildman–Crippen LogP) is 3.12. The van der Waals surface area contributed by atoms with Crippen LogP contribution in [0.4, 0.5) is 0 Å². The maximum atomic E-state index is 11.4. The Morgan fingerprint density at radius 2 is 1.90 bits per heavy atom. The van der Waals surface area contributed by atoms with Gasteiger partial charge in [0.05, 0.1) is 25.2 Å². The largest absolute Gasteiger partial charge is 0.489 e. The van der Waals surface area contributed by atoms with Crippen molar-refractivity contribution in [2.45, 2.75) is 13.0 Å². The second-order valence-electron chi connectivity index (χ2n) is 4.46. The van der Waals surface area contributed by atoms with E-state index in [9.17, 15) is 4.79 Å². The van der Waals surface area contributed by atoms with Gasteiger partial charge < -0.3 is 9.47 Å². The van der Waals surface area contributed by atoms with Crippen LogP contribution in [0.25, 0.3) is 0 Å². The number of methoxy groups -OCH3 is 1. The molecule has 21 heavy (non-hydrogen) atoms. The van der Waals surface area contributed by atoms with Crippen molar-refractivity contribution in [2.24, 2.45) is 0 Å². The number of nitriles is 1. The van der Waals surface area contributed by atoms with Crippen molar-refractivity contribution in [3.63, 3.8) is 0 Å². The van der Waals surface area contributed by atoms with Gasteiger partial charge >= 0.3 is 5.97 Å². The lowest BCUT2D eigenvalue weighted by Crippen LogP contribution is -2.03. The summed E-state index contributed by atoms with van der Waals surface area (Å²) < 4.78 is 10.3. The van der Waals surface area contributed by atoms with Crippen LogP contribution >= 0.6 is 0 Å². The van der Waals surface area contributed by atoms with E-state index in [4.69, 9.17) is 10.00 Å². The van der Waals surface area contributed by atoms with Gasteiger partial charge in [0, 0.05) is 0 Å². The number of nitrogens with zero attached hydrogens (tertiary/aromatic N) is 1. The average molecular weight is 281 g/mol. The highest BCUT2D eigenvalue weighted by atomic mass is 16.5. The number of benzene rings is 2. The van der Waals surface area contributed by atoms with Crippen LogP contribution in [0.3, 0.4) is 0 Å². The van der Waals surface area contributed by atoms with E-state index in [1.807, 2.05) is 30.3 Å². The molecule has 0 saturated carbocycles. The number of hydrogen-bond donors (Lipinski definition) is 0. The molecule has 0 radical (unpaired) electrons. The minimum absolute atomic E-state index is 0.363. The lowest BCUT2D eigenvalue weighted by atomic mass is 10.1. The minimum Gasteiger partial charge on any atom is -0.489 e. The lowest BCUT2D eigenvalue weighted by Gasteiger charge is -2.08. The van der Waals surface area contributed by atoms with Crippen molar-refractivity contribution < 1.29 is 14.3 Å². The number of rotatable bonds is 5. The van der Waals surface area contributed by atoms with Gasteiger partial charge in [-0.05, 0) is 35.4 Å². The number of carbonyl (C=O) groups is 1. The molecular weight excluding hydrogens is 266 g/mol. The van der Waals surface area contributed by atoms with Gasteiger partial charge in [0.2, 0.25) is 0 Å². The molecule has 0 aliphatic rings. The van der Waals surface area contributed by atoms with Crippen molar-refractivity contribution >= 4 is 5.97 Å². The normalized spacial score (nSPS) is 9.71. The lowest BCUT2D eigenvalue weighted by molar-refractivity contribution is 0.0600. The molecule has 0 unspecified atom stereocenters. The maximum Gasteiger partial charge on any atom is 0.337 e. The second-order valence-corrected chi connectivity index (χ2v) is 4.46. The van der Waals surface area contributed by atoms with Gasteiger partial charge in [0.15, 0.2) is 0 Å². The molecule has 4 nitrogen and oxygen atoms in total. The summed E-state index contributed by atoms with van der Waals surface area (Å²) in [5.74, 6) is 0.359. The summed E-state index contributed by atoms with van der Waals surface area (Å²) in [5, 5.41) is 8.61. The van der Waals surface area contributed by atoms with Gasteiger partial charge in [-0.3, -0.25) is 0 Å². The van der Waals surface area contributed by atoms with E-state index in [2.05, 4.69) is 10.8 Å². The zero-order chi connectivity index (χ0) is 15.1. The Morgan fingerprint density at radius 3 is 2.57 bits per heavy atom. The summed E-state index contributed by atoms with van der Waals surface area (Å²) in [6.07, 6.45) is 0.390. The fourth-order valence-corrected chi connectivity index (χ4v) is 1.87. The van der Waals surface area contributed by atoms with Gasteiger partial charge in [-0.15, -0.1) is 0 Å². The van der Waals surface area contributed by atoms with Crippen LogP contribution in [-0.2, 0) is 17.8 Å². The molecule has 0 amide bonds. The van der Waals surface area contributed by atoms with E-state index >= 15 is 0 Å². The topological polar surface area (TPSA) is 59.3 Å². The molecule has 0 saturated heterocycles. The number of esters is 1. The van der Waals surface area contributed by atoms with Crippen LogP contribution in [-0.4, -0.2) is 13.1 Å². The fraction of sp³-hybridized carbons (Fsp3) is 0.176. The van der Waals surface area contributed by atoms with Gasteiger partial charge in [0.1, 0.15) is 12.4 Å². The molecule has 0 spiro atoms. The Labute approximate surface area is 123 Å². The molecule has 0 aromatic heterocycles. The molecular formula is C17H15NO3. The molecule has 2 aromatic carbocycles. The zero-order valence-corrected chi connectivity index (χ0v) is 11.7. The standard InChI is InChI=1S/C17H15NO3/c1-20-17(19)15-4-2-3-14(11-15)12-21-16-7-5-13(6-8-16)9-10-18/h2-8,11H,9,12H2,1H3. The summed E-state index contributed by atoms with van der Waals surface area (Å²) in [6.45, 7) is 0.364. The van der Waals surface area contributed by atoms with E-state index in [1.54, 1.807) is 18.2 Å². The van der Waals surface area contributed by atoms with Gasteiger partial charge in [-0.1, -0.05) is 24.3 Å². The first-order valence-electron chi connectivity index (χ1n) is 6.49. The van der Waals surface area contributed by atoms with Crippen LogP contribution < -0.4 is 4.74 Å². The molecule has 0 aliphatic heterocycles.